The molecule has 0 amide bonds. The molecule has 0 spiro atoms. The molecule has 5 heteroatoms. The summed E-state index contributed by atoms with van der Waals surface area (Å²) in [7, 11) is 0. The Morgan fingerprint density at radius 1 is 1.57 bits per heavy atom. The fraction of sp³-hybridized carbons (Fsp3) is 0.556. The Labute approximate surface area is 82.1 Å². The van der Waals surface area contributed by atoms with Gasteiger partial charge in [0.05, 0.1) is 19.8 Å². The zero-order valence-corrected chi connectivity index (χ0v) is 8.02. The van der Waals surface area contributed by atoms with E-state index in [9.17, 15) is 9.59 Å². The van der Waals surface area contributed by atoms with Crippen LogP contribution in [0, 0.1) is 0 Å². The van der Waals surface area contributed by atoms with Crippen molar-refractivity contribution in [3.05, 3.63) is 11.6 Å². The summed E-state index contributed by atoms with van der Waals surface area (Å²) >= 11 is 0. The van der Waals surface area contributed by atoms with Gasteiger partial charge in [-0.25, -0.2) is 14.6 Å². The fourth-order valence-electron chi connectivity index (χ4n) is 0.815. The third-order valence-electron chi connectivity index (χ3n) is 1.55. The third kappa shape index (κ3) is 6.11. The maximum atomic E-state index is 10.5. The first-order chi connectivity index (χ1) is 6.72. The lowest BCUT2D eigenvalue weighted by Crippen LogP contribution is -2.06. The highest BCUT2D eigenvalue weighted by atomic mass is 16.5. The van der Waals surface area contributed by atoms with Crippen LogP contribution in [0.2, 0.25) is 0 Å². The van der Waals surface area contributed by atoms with Crippen LogP contribution in [0.1, 0.15) is 13.3 Å². The Balaban J connectivity index is 3.53. The van der Waals surface area contributed by atoms with E-state index in [4.69, 9.17) is 9.84 Å². The van der Waals surface area contributed by atoms with Crippen LogP contribution in [0.15, 0.2) is 16.6 Å². The molecule has 0 saturated heterocycles. The summed E-state index contributed by atoms with van der Waals surface area (Å²) in [4.78, 5) is 23.4. The number of aliphatic imine (C=N–C) groups is 1. The molecule has 0 heterocycles. The van der Waals surface area contributed by atoms with E-state index >= 15 is 0 Å². The van der Waals surface area contributed by atoms with E-state index in [1.54, 1.807) is 6.92 Å². The Morgan fingerprint density at radius 2 is 2.29 bits per heavy atom. The molecule has 78 valence electrons. The number of carboxylic acid groups (broad SMARTS) is 1. The van der Waals surface area contributed by atoms with Crippen LogP contribution < -0.4 is 0 Å². The van der Waals surface area contributed by atoms with Gasteiger partial charge in [-0.05, 0) is 6.92 Å². The van der Waals surface area contributed by atoms with E-state index in [0.717, 1.165) is 0 Å². The Bertz CT molecular complexity index is 254. The molecule has 0 aliphatic rings. The molecule has 0 atom stereocenters. The lowest BCUT2D eigenvalue weighted by Gasteiger charge is -2.02. The lowest BCUT2D eigenvalue weighted by molar-refractivity contribution is -0.132. The summed E-state index contributed by atoms with van der Waals surface area (Å²) in [5.74, 6) is -0.929. The van der Waals surface area contributed by atoms with E-state index in [2.05, 4.69) is 4.99 Å². The van der Waals surface area contributed by atoms with Crippen LogP contribution in [0.3, 0.4) is 0 Å². The van der Waals surface area contributed by atoms with Gasteiger partial charge < -0.3 is 9.84 Å². The van der Waals surface area contributed by atoms with Gasteiger partial charge in [0.2, 0.25) is 6.08 Å². The number of carbonyl (C=O) groups is 1. The zero-order valence-electron chi connectivity index (χ0n) is 8.02. The predicted octanol–water partition coefficient (Wildman–Crippen LogP) is 0.760. The van der Waals surface area contributed by atoms with Crippen molar-refractivity contribution in [2.75, 3.05) is 19.8 Å². The van der Waals surface area contributed by atoms with Gasteiger partial charge >= 0.3 is 5.97 Å². The second kappa shape index (κ2) is 8.16. The maximum Gasteiger partial charge on any atom is 0.331 e. The monoisotopic (exact) mass is 199 g/mol. The second-order valence-electron chi connectivity index (χ2n) is 2.45. The molecule has 14 heavy (non-hydrogen) atoms. The van der Waals surface area contributed by atoms with Gasteiger partial charge in [-0.3, -0.25) is 0 Å². The summed E-state index contributed by atoms with van der Waals surface area (Å²) < 4.78 is 5.04. The molecule has 0 unspecified atom stereocenters. The number of hydrogen-bond acceptors (Lipinski definition) is 4. The van der Waals surface area contributed by atoms with Crippen LogP contribution in [0.5, 0.6) is 0 Å². The van der Waals surface area contributed by atoms with Crippen molar-refractivity contribution >= 4 is 12.0 Å². The number of ether oxygens (including phenoxy) is 1. The topological polar surface area (TPSA) is 76.0 Å². The Morgan fingerprint density at radius 3 is 2.79 bits per heavy atom. The van der Waals surface area contributed by atoms with Gasteiger partial charge in [-0.1, -0.05) is 6.08 Å². The van der Waals surface area contributed by atoms with Crippen molar-refractivity contribution in [3.8, 4) is 0 Å². The Kier molecular flexibility index (Phi) is 7.32. The minimum atomic E-state index is -0.929. The van der Waals surface area contributed by atoms with Crippen molar-refractivity contribution in [1.82, 2.24) is 0 Å². The van der Waals surface area contributed by atoms with E-state index < -0.39 is 5.97 Å². The molecule has 0 rings (SSSR count). The average molecular weight is 199 g/mol. The molecule has 0 aromatic carbocycles. The zero-order chi connectivity index (χ0) is 10.8. The number of nitrogens with zero attached hydrogens (tertiary/aromatic N) is 1. The molecule has 0 aromatic heterocycles. The molecule has 0 aliphatic carbocycles. The number of aliphatic carboxylic acids is 1. The highest BCUT2D eigenvalue weighted by Gasteiger charge is 2.04. The average Bonchev–Trinajstić information content (AvgIpc) is 2.16. The van der Waals surface area contributed by atoms with E-state index in [0.29, 0.717) is 25.2 Å². The molecule has 1 N–H and O–H groups in total. The van der Waals surface area contributed by atoms with Crippen LogP contribution in [-0.4, -0.2) is 36.9 Å². The molecule has 0 radical (unpaired) electrons. The molecule has 0 fully saturated rings. The number of isocyanates is 1. The molecular weight excluding hydrogens is 186 g/mol. The Hall–Kier alpha value is -1.45. The molecule has 0 aliphatic heterocycles. The van der Waals surface area contributed by atoms with Crippen molar-refractivity contribution in [2.24, 2.45) is 4.99 Å². The minimum absolute atomic E-state index is 0.266. The van der Waals surface area contributed by atoms with Gasteiger partial charge in [0.15, 0.2) is 0 Å². The largest absolute Gasteiger partial charge is 0.478 e. The smallest absolute Gasteiger partial charge is 0.331 e. The normalized spacial score (nSPS) is 10.8. The van der Waals surface area contributed by atoms with E-state index in [1.165, 1.54) is 12.2 Å². The van der Waals surface area contributed by atoms with Crippen LogP contribution in [0.4, 0.5) is 0 Å². The first-order valence-corrected chi connectivity index (χ1v) is 4.22. The standard InChI is InChI=1S/C9H13NO4/c1-2-8(9(12)13)3-5-14-6-4-10-7-11/h2H,3-6H2,1H3,(H,12,13). The highest BCUT2D eigenvalue weighted by Crippen LogP contribution is 2.01. The van der Waals surface area contributed by atoms with E-state index in [-0.39, 0.29) is 6.54 Å². The molecular formula is C9H13NO4. The van der Waals surface area contributed by atoms with Crippen molar-refractivity contribution in [2.45, 2.75) is 13.3 Å². The van der Waals surface area contributed by atoms with Gasteiger partial charge in [0, 0.05) is 12.0 Å². The second-order valence-corrected chi connectivity index (χ2v) is 2.45. The summed E-state index contributed by atoms with van der Waals surface area (Å²) in [6.07, 6.45) is 3.28. The molecule has 5 nitrogen and oxygen atoms in total. The number of allylic oxidation sites excluding steroid dienone is 1. The number of carbonyl (C=O) groups excluding carboxylic acids is 1. The van der Waals surface area contributed by atoms with Crippen LogP contribution in [0.25, 0.3) is 0 Å². The summed E-state index contributed by atoms with van der Waals surface area (Å²) in [5.41, 5.74) is 0.323. The minimum Gasteiger partial charge on any atom is -0.478 e. The van der Waals surface area contributed by atoms with Gasteiger partial charge in [0.25, 0.3) is 0 Å². The number of carboxylic acids is 1. The summed E-state index contributed by atoms with van der Waals surface area (Å²) in [6.45, 7) is 2.56. The third-order valence-corrected chi connectivity index (χ3v) is 1.55. The predicted molar refractivity (Wildman–Crippen MR) is 49.8 cm³/mol. The number of hydrogen-bond donors (Lipinski definition) is 1. The van der Waals surface area contributed by atoms with Gasteiger partial charge in [-0.2, -0.15) is 0 Å². The molecule has 0 saturated carbocycles. The van der Waals surface area contributed by atoms with Crippen molar-refractivity contribution in [3.63, 3.8) is 0 Å². The van der Waals surface area contributed by atoms with E-state index in [1.807, 2.05) is 0 Å². The van der Waals surface area contributed by atoms with Crippen molar-refractivity contribution < 1.29 is 19.4 Å². The van der Waals surface area contributed by atoms with Crippen LogP contribution in [-0.2, 0) is 14.3 Å². The highest BCUT2D eigenvalue weighted by molar-refractivity contribution is 5.86. The fourth-order valence-corrected chi connectivity index (χ4v) is 0.815. The first-order valence-electron chi connectivity index (χ1n) is 4.22. The van der Waals surface area contributed by atoms with Gasteiger partial charge in [-0.15, -0.1) is 0 Å². The molecule has 0 bridgehead atoms. The first kappa shape index (κ1) is 12.6. The SMILES string of the molecule is CC=C(CCOCCN=C=O)C(=O)O. The summed E-state index contributed by atoms with van der Waals surface area (Å²) in [5, 5.41) is 8.62. The quantitative estimate of drug-likeness (QED) is 0.284. The maximum absolute atomic E-state index is 10.5. The number of rotatable bonds is 7. The van der Waals surface area contributed by atoms with Gasteiger partial charge in [0.1, 0.15) is 0 Å². The van der Waals surface area contributed by atoms with Crippen molar-refractivity contribution in [1.29, 1.82) is 0 Å². The summed E-state index contributed by atoms with van der Waals surface area (Å²) in [6, 6.07) is 0. The van der Waals surface area contributed by atoms with Crippen LogP contribution >= 0.6 is 0 Å². The lowest BCUT2D eigenvalue weighted by atomic mass is 10.2. The molecule has 0 aromatic rings.